The van der Waals surface area contributed by atoms with Crippen molar-refractivity contribution in [2.24, 2.45) is 5.73 Å². The van der Waals surface area contributed by atoms with E-state index in [1.807, 2.05) is 17.2 Å². The lowest BCUT2D eigenvalue weighted by Gasteiger charge is -2.19. The summed E-state index contributed by atoms with van der Waals surface area (Å²) in [6.45, 7) is 10.3. The van der Waals surface area contributed by atoms with Crippen molar-refractivity contribution < 1.29 is 0 Å². The van der Waals surface area contributed by atoms with E-state index in [2.05, 4.69) is 18.6 Å². The van der Waals surface area contributed by atoms with Gasteiger partial charge in [0.05, 0.1) is 0 Å². The maximum absolute atomic E-state index is 5.39. The molecule has 0 unspecified atom stereocenters. The van der Waals surface area contributed by atoms with E-state index in [9.17, 15) is 0 Å². The van der Waals surface area contributed by atoms with Crippen LogP contribution in [-0.2, 0) is 0 Å². The summed E-state index contributed by atoms with van der Waals surface area (Å²) < 4.78 is 0. The van der Waals surface area contributed by atoms with Gasteiger partial charge in [0, 0.05) is 26.2 Å². The second-order valence-corrected chi connectivity index (χ2v) is 2.17. The third-order valence-corrected chi connectivity index (χ3v) is 1.21. The largest absolute Gasteiger partial charge is 0.329 e. The Kier molecular flexibility index (Phi) is 7.03. The van der Waals surface area contributed by atoms with Gasteiger partial charge in [0.15, 0.2) is 0 Å². The Labute approximate surface area is 68.5 Å². The molecule has 0 aromatic carbocycles. The molecule has 0 bridgehead atoms. The van der Waals surface area contributed by atoms with E-state index in [4.69, 9.17) is 5.73 Å². The van der Waals surface area contributed by atoms with Crippen molar-refractivity contribution in [3.05, 3.63) is 25.3 Å². The van der Waals surface area contributed by atoms with E-state index in [1.54, 1.807) is 0 Å². The fraction of sp³-hybridized carbons (Fsp3) is 0.500. The van der Waals surface area contributed by atoms with E-state index < -0.39 is 0 Å². The molecule has 64 valence electrons. The number of nitrogens with zero attached hydrogens (tertiary/aromatic N) is 1. The molecule has 0 atom stereocenters. The molecule has 0 fully saturated rings. The zero-order valence-corrected chi connectivity index (χ0v) is 6.92. The first-order valence-electron chi connectivity index (χ1n) is 3.75. The molecule has 0 saturated carbocycles. The fourth-order valence-corrected chi connectivity index (χ4v) is 0.740. The first kappa shape index (κ1) is 10.4. The van der Waals surface area contributed by atoms with Gasteiger partial charge in [0.2, 0.25) is 0 Å². The number of hydrogen-bond acceptors (Lipinski definition) is 3. The highest BCUT2D eigenvalue weighted by atomic mass is 15.5. The van der Waals surface area contributed by atoms with Gasteiger partial charge in [-0.15, -0.1) is 13.2 Å². The summed E-state index contributed by atoms with van der Waals surface area (Å²) in [4.78, 5) is 0. The van der Waals surface area contributed by atoms with Crippen LogP contribution in [0.5, 0.6) is 0 Å². The summed E-state index contributed by atoms with van der Waals surface area (Å²) in [7, 11) is 0. The fourth-order valence-electron chi connectivity index (χ4n) is 0.740. The average molecular weight is 155 g/mol. The Morgan fingerprint density at radius 2 is 2.09 bits per heavy atom. The van der Waals surface area contributed by atoms with Crippen LogP contribution < -0.4 is 11.2 Å². The predicted molar refractivity (Wildman–Crippen MR) is 49.0 cm³/mol. The second-order valence-electron chi connectivity index (χ2n) is 2.17. The third-order valence-electron chi connectivity index (χ3n) is 1.21. The standard InChI is InChI=1S/C8H17N3/c1-3-6-10-11(7-4-2)8-5-9/h3-4,10H,1-2,5-9H2. The predicted octanol–water partition coefficient (Wildman–Crippen LogP) is 0.124. The van der Waals surface area contributed by atoms with Crippen molar-refractivity contribution in [2.45, 2.75) is 0 Å². The van der Waals surface area contributed by atoms with Crippen LogP contribution in [0.15, 0.2) is 25.3 Å². The van der Waals surface area contributed by atoms with Crippen LogP contribution >= 0.6 is 0 Å². The molecule has 0 aliphatic heterocycles. The van der Waals surface area contributed by atoms with Gasteiger partial charge in [0.1, 0.15) is 0 Å². The Hall–Kier alpha value is -0.640. The third kappa shape index (κ3) is 5.79. The highest BCUT2D eigenvalue weighted by Crippen LogP contribution is 1.80. The van der Waals surface area contributed by atoms with Gasteiger partial charge in [-0.2, -0.15) is 0 Å². The lowest BCUT2D eigenvalue weighted by atomic mass is 10.5. The molecule has 0 saturated heterocycles. The lowest BCUT2D eigenvalue weighted by molar-refractivity contribution is 0.227. The first-order valence-corrected chi connectivity index (χ1v) is 3.75. The minimum atomic E-state index is 0.651. The molecule has 0 rings (SSSR count). The normalized spacial score (nSPS) is 10.0. The number of hydrazine groups is 1. The summed E-state index contributed by atoms with van der Waals surface area (Å²) in [6, 6.07) is 0. The molecule has 0 aromatic rings. The van der Waals surface area contributed by atoms with Crippen molar-refractivity contribution in [1.29, 1.82) is 0 Å². The number of rotatable bonds is 7. The van der Waals surface area contributed by atoms with Gasteiger partial charge < -0.3 is 5.73 Å². The van der Waals surface area contributed by atoms with Gasteiger partial charge in [0.25, 0.3) is 0 Å². The van der Waals surface area contributed by atoms with Gasteiger partial charge in [-0.25, -0.2) is 5.01 Å². The molecule has 3 nitrogen and oxygen atoms in total. The maximum Gasteiger partial charge on any atom is 0.0309 e. The molecule has 0 amide bonds. The maximum atomic E-state index is 5.39. The van der Waals surface area contributed by atoms with Gasteiger partial charge >= 0.3 is 0 Å². The quantitative estimate of drug-likeness (QED) is 0.405. The molecule has 0 spiro atoms. The summed E-state index contributed by atoms with van der Waals surface area (Å²) in [5, 5.41) is 2.01. The molecule has 0 radical (unpaired) electrons. The van der Waals surface area contributed by atoms with E-state index in [0.29, 0.717) is 6.54 Å². The van der Waals surface area contributed by atoms with Crippen LogP contribution in [0, 0.1) is 0 Å². The molecule has 11 heavy (non-hydrogen) atoms. The van der Waals surface area contributed by atoms with E-state index >= 15 is 0 Å². The minimum absolute atomic E-state index is 0.651. The van der Waals surface area contributed by atoms with E-state index in [0.717, 1.165) is 19.6 Å². The SMILES string of the molecule is C=CCNN(CC=C)CCN. The van der Waals surface area contributed by atoms with E-state index in [1.165, 1.54) is 0 Å². The van der Waals surface area contributed by atoms with Crippen LogP contribution in [0.4, 0.5) is 0 Å². The zero-order valence-electron chi connectivity index (χ0n) is 6.92. The zero-order chi connectivity index (χ0) is 8.53. The molecular weight excluding hydrogens is 138 g/mol. The summed E-state index contributed by atoms with van der Waals surface area (Å²) >= 11 is 0. The average Bonchev–Trinajstić information content (AvgIpc) is 2.01. The molecule has 0 heterocycles. The highest BCUT2D eigenvalue weighted by molar-refractivity contribution is 4.74. The van der Waals surface area contributed by atoms with Gasteiger partial charge in [-0.05, 0) is 0 Å². The molecule has 3 N–H and O–H groups in total. The van der Waals surface area contributed by atoms with Gasteiger partial charge in [-0.1, -0.05) is 12.2 Å². The molecule has 0 aliphatic carbocycles. The summed E-state index contributed by atoms with van der Waals surface area (Å²) in [5.74, 6) is 0. The van der Waals surface area contributed by atoms with Crippen molar-refractivity contribution >= 4 is 0 Å². The lowest BCUT2D eigenvalue weighted by Crippen LogP contribution is -2.41. The summed E-state index contributed by atoms with van der Waals surface area (Å²) in [6.07, 6.45) is 3.65. The topological polar surface area (TPSA) is 41.3 Å². The second kappa shape index (κ2) is 7.47. The molecule has 3 heteroatoms. The van der Waals surface area contributed by atoms with Crippen molar-refractivity contribution in [1.82, 2.24) is 10.4 Å². The van der Waals surface area contributed by atoms with Crippen LogP contribution in [0.25, 0.3) is 0 Å². The first-order chi connectivity index (χ1) is 5.35. The molecular formula is C8H17N3. The Balaban J connectivity index is 3.49. The number of nitrogens with one attached hydrogen (secondary N) is 1. The van der Waals surface area contributed by atoms with Crippen LogP contribution in [0.2, 0.25) is 0 Å². The van der Waals surface area contributed by atoms with Gasteiger partial charge in [-0.3, -0.25) is 5.43 Å². The Morgan fingerprint density at radius 3 is 2.55 bits per heavy atom. The van der Waals surface area contributed by atoms with Crippen LogP contribution in [0.3, 0.4) is 0 Å². The van der Waals surface area contributed by atoms with E-state index in [-0.39, 0.29) is 0 Å². The minimum Gasteiger partial charge on any atom is -0.329 e. The molecule has 0 aliphatic rings. The van der Waals surface area contributed by atoms with Crippen molar-refractivity contribution in [2.75, 3.05) is 26.2 Å². The molecule has 0 aromatic heterocycles. The van der Waals surface area contributed by atoms with Crippen LogP contribution in [-0.4, -0.2) is 31.2 Å². The van der Waals surface area contributed by atoms with Crippen molar-refractivity contribution in [3.63, 3.8) is 0 Å². The Morgan fingerprint density at radius 1 is 1.36 bits per heavy atom. The highest BCUT2D eigenvalue weighted by Gasteiger charge is 1.96. The Bertz CT molecular complexity index is 112. The smallest absolute Gasteiger partial charge is 0.0309 e. The van der Waals surface area contributed by atoms with Crippen LogP contribution in [0.1, 0.15) is 0 Å². The summed E-state index contributed by atoms with van der Waals surface area (Å²) in [5.41, 5.74) is 8.52. The van der Waals surface area contributed by atoms with Crippen molar-refractivity contribution in [3.8, 4) is 0 Å². The number of nitrogens with two attached hydrogens (primary N) is 1. The monoisotopic (exact) mass is 155 g/mol. The number of hydrogen-bond donors (Lipinski definition) is 2.